The summed E-state index contributed by atoms with van der Waals surface area (Å²) < 4.78 is 12.1. The lowest BCUT2D eigenvalue weighted by atomic mass is 10.2. The number of benzene rings is 1. The van der Waals surface area contributed by atoms with Crippen LogP contribution in [0.4, 0.5) is 0 Å². The maximum atomic E-state index is 6.06. The first kappa shape index (κ1) is 19.5. The Hall–Kier alpha value is -1.79. The molecule has 2 atom stereocenters. The van der Waals surface area contributed by atoms with E-state index in [0.717, 1.165) is 56.0 Å². The average Bonchev–Trinajstić information content (AvgIpc) is 3.44. The number of aliphatic imine (C=N–C) groups is 1. The van der Waals surface area contributed by atoms with Crippen LogP contribution in [0.5, 0.6) is 5.75 Å². The van der Waals surface area contributed by atoms with Gasteiger partial charge in [0.05, 0.1) is 25.9 Å². The fourth-order valence-electron chi connectivity index (χ4n) is 3.99. The van der Waals surface area contributed by atoms with E-state index in [2.05, 4.69) is 40.7 Å². The number of guanidine groups is 1. The number of para-hydroxylation sites is 1. The summed E-state index contributed by atoms with van der Waals surface area (Å²) in [6.07, 6.45) is 5.42. The standard InChI is InChI=1S/C22H34N4O2/c1-2-23-22(25-13-20-14-26-11-5-7-19(26)16-27-20)24-12-18-6-3-4-8-21(18)28-15-17-9-10-17/h3-4,6,8,17,19-20H,2,5,7,9-16H2,1H3,(H2,23,24,25). The van der Waals surface area contributed by atoms with Gasteiger partial charge in [0.2, 0.25) is 0 Å². The molecular weight excluding hydrogens is 352 g/mol. The maximum absolute atomic E-state index is 6.06. The van der Waals surface area contributed by atoms with Crippen molar-refractivity contribution in [2.75, 3.05) is 39.4 Å². The van der Waals surface area contributed by atoms with Crippen molar-refractivity contribution in [3.63, 3.8) is 0 Å². The number of morpholine rings is 1. The summed E-state index contributed by atoms with van der Waals surface area (Å²) in [5, 5.41) is 6.81. The maximum Gasteiger partial charge on any atom is 0.191 e. The van der Waals surface area contributed by atoms with Gasteiger partial charge in [0.1, 0.15) is 5.75 Å². The van der Waals surface area contributed by atoms with Gasteiger partial charge in [-0.15, -0.1) is 0 Å². The normalized spacial score (nSPS) is 25.4. The SMILES string of the molecule is CCNC(=NCc1ccccc1OCC1CC1)NCC1CN2CCCC2CO1. The molecule has 0 aromatic heterocycles. The van der Waals surface area contributed by atoms with Crippen LogP contribution in [-0.2, 0) is 11.3 Å². The van der Waals surface area contributed by atoms with Crippen LogP contribution < -0.4 is 15.4 Å². The van der Waals surface area contributed by atoms with Crippen LogP contribution >= 0.6 is 0 Å². The van der Waals surface area contributed by atoms with Crippen LogP contribution in [-0.4, -0.2) is 62.4 Å². The van der Waals surface area contributed by atoms with Crippen LogP contribution in [0.1, 0.15) is 38.2 Å². The van der Waals surface area contributed by atoms with Gasteiger partial charge < -0.3 is 20.1 Å². The van der Waals surface area contributed by atoms with Gasteiger partial charge >= 0.3 is 0 Å². The molecule has 154 valence electrons. The zero-order valence-corrected chi connectivity index (χ0v) is 17.0. The molecule has 2 unspecified atom stereocenters. The van der Waals surface area contributed by atoms with Gasteiger partial charge in [-0.1, -0.05) is 18.2 Å². The summed E-state index contributed by atoms with van der Waals surface area (Å²) in [6.45, 7) is 8.26. The molecule has 0 bridgehead atoms. The average molecular weight is 387 g/mol. The number of hydrogen-bond acceptors (Lipinski definition) is 4. The van der Waals surface area contributed by atoms with Crippen molar-refractivity contribution in [3.8, 4) is 5.75 Å². The minimum Gasteiger partial charge on any atom is -0.493 e. The van der Waals surface area contributed by atoms with Crippen molar-refractivity contribution in [2.24, 2.45) is 10.9 Å². The van der Waals surface area contributed by atoms with Crippen LogP contribution in [0.3, 0.4) is 0 Å². The summed E-state index contributed by atoms with van der Waals surface area (Å²) in [4.78, 5) is 7.36. The monoisotopic (exact) mass is 386 g/mol. The highest BCUT2D eigenvalue weighted by molar-refractivity contribution is 5.79. The molecule has 0 spiro atoms. The second-order valence-electron chi connectivity index (χ2n) is 8.18. The zero-order chi connectivity index (χ0) is 19.2. The molecule has 6 heteroatoms. The number of hydrogen-bond donors (Lipinski definition) is 2. The van der Waals surface area contributed by atoms with Crippen molar-refractivity contribution in [2.45, 2.75) is 51.3 Å². The number of ether oxygens (including phenoxy) is 2. The Morgan fingerprint density at radius 3 is 3.00 bits per heavy atom. The third-order valence-electron chi connectivity index (χ3n) is 5.85. The molecule has 4 rings (SSSR count). The Bertz CT molecular complexity index is 662. The van der Waals surface area contributed by atoms with E-state index in [0.29, 0.717) is 12.6 Å². The van der Waals surface area contributed by atoms with E-state index >= 15 is 0 Å². The van der Waals surface area contributed by atoms with Crippen molar-refractivity contribution in [1.82, 2.24) is 15.5 Å². The van der Waals surface area contributed by atoms with Gasteiger partial charge in [-0.3, -0.25) is 4.90 Å². The third-order valence-corrected chi connectivity index (χ3v) is 5.85. The number of fused-ring (bicyclic) bond motifs is 1. The van der Waals surface area contributed by atoms with Gasteiger partial charge in [0, 0.05) is 31.2 Å². The molecule has 3 aliphatic rings. The fraction of sp³-hybridized carbons (Fsp3) is 0.682. The molecule has 28 heavy (non-hydrogen) atoms. The predicted molar refractivity (Wildman–Crippen MR) is 112 cm³/mol. The molecule has 1 aromatic carbocycles. The molecule has 0 radical (unpaired) electrons. The van der Waals surface area contributed by atoms with E-state index in [9.17, 15) is 0 Å². The lowest BCUT2D eigenvalue weighted by Crippen LogP contribution is -2.51. The zero-order valence-electron chi connectivity index (χ0n) is 17.0. The quantitative estimate of drug-likeness (QED) is 0.531. The number of rotatable bonds is 8. The molecule has 6 nitrogen and oxygen atoms in total. The van der Waals surface area contributed by atoms with Crippen molar-refractivity contribution in [1.29, 1.82) is 0 Å². The minimum absolute atomic E-state index is 0.229. The van der Waals surface area contributed by atoms with E-state index < -0.39 is 0 Å². The predicted octanol–water partition coefficient (Wildman–Crippen LogP) is 2.39. The summed E-state index contributed by atoms with van der Waals surface area (Å²) in [7, 11) is 0. The molecule has 3 fully saturated rings. The second kappa shape index (κ2) is 9.61. The Balaban J connectivity index is 1.30. The molecule has 1 aromatic rings. The Morgan fingerprint density at radius 2 is 2.14 bits per heavy atom. The van der Waals surface area contributed by atoms with Gasteiger partial charge in [-0.2, -0.15) is 0 Å². The largest absolute Gasteiger partial charge is 0.493 e. The van der Waals surface area contributed by atoms with Crippen LogP contribution in [0.15, 0.2) is 29.3 Å². The molecule has 2 aliphatic heterocycles. The summed E-state index contributed by atoms with van der Waals surface area (Å²) in [6, 6.07) is 8.89. The Kier molecular flexibility index (Phi) is 6.70. The van der Waals surface area contributed by atoms with Crippen LogP contribution in [0.25, 0.3) is 0 Å². The summed E-state index contributed by atoms with van der Waals surface area (Å²) in [5.74, 6) is 2.55. The Morgan fingerprint density at radius 1 is 1.25 bits per heavy atom. The highest BCUT2D eigenvalue weighted by Crippen LogP contribution is 2.30. The number of nitrogens with zero attached hydrogens (tertiary/aromatic N) is 2. The van der Waals surface area contributed by atoms with Crippen molar-refractivity contribution < 1.29 is 9.47 Å². The van der Waals surface area contributed by atoms with Crippen LogP contribution in [0.2, 0.25) is 0 Å². The van der Waals surface area contributed by atoms with E-state index in [-0.39, 0.29) is 6.10 Å². The van der Waals surface area contributed by atoms with Gasteiger partial charge in [-0.05, 0) is 51.1 Å². The third kappa shape index (κ3) is 5.39. The first-order valence-electron chi connectivity index (χ1n) is 10.9. The lowest BCUT2D eigenvalue weighted by molar-refractivity contribution is -0.0453. The van der Waals surface area contributed by atoms with Gasteiger partial charge in [0.15, 0.2) is 5.96 Å². The summed E-state index contributed by atoms with van der Waals surface area (Å²) >= 11 is 0. The lowest BCUT2D eigenvalue weighted by Gasteiger charge is -2.35. The van der Waals surface area contributed by atoms with Crippen molar-refractivity contribution >= 4 is 5.96 Å². The highest BCUT2D eigenvalue weighted by Gasteiger charge is 2.32. The smallest absolute Gasteiger partial charge is 0.191 e. The first-order valence-corrected chi connectivity index (χ1v) is 10.9. The van der Waals surface area contributed by atoms with Crippen molar-refractivity contribution in [3.05, 3.63) is 29.8 Å². The number of nitrogens with one attached hydrogen (secondary N) is 2. The first-order chi connectivity index (χ1) is 13.8. The summed E-state index contributed by atoms with van der Waals surface area (Å²) in [5.41, 5.74) is 1.13. The topological polar surface area (TPSA) is 58.1 Å². The highest BCUT2D eigenvalue weighted by atomic mass is 16.5. The molecular formula is C22H34N4O2. The van der Waals surface area contributed by atoms with Gasteiger partial charge in [-0.25, -0.2) is 4.99 Å². The van der Waals surface area contributed by atoms with E-state index in [1.54, 1.807) is 0 Å². The minimum atomic E-state index is 0.229. The fourth-order valence-corrected chi connectivity index (χ4v) is 3.99. The van der Waals surface area contributed by atoms with Gasteiger partial charge in [0.25, 0.3) is 0 Å². The molecule has 1 aliphatic carbocycles. The van der Waals surface area contributed by atoms with E-state index in [1.807, 2.05) is 6.07 Å². The second-order valence-corrected chi connectivity index (χ2v) is 8.18. The molecule has 2 N–H and O–H groups in total. The molecule has 2 saturated heterocycles. The van der Waals surface area contributed by atoms with Crippen LogP contribution in [0, 0.1) is 5.92 Å². The molecule has 1 saturated carbocycles. The van der Waals surface area contributed by atoms with E-state index in [1.165, 1.54) is 32.2 Å². The molecule has 0 amide bonds. The molecule has 2 heterocycles. The Labute approximate surface area is 168 Å². The van der Waals surface area contributed by atoms with E-state index in [4.69, 9.17) is 14.5 Å².